The van der Waals surface area contributed by atoms with Crippen LogP contribution >= 0.6 is 0 Å². The number of nitrogens with one attached hydrogen (secondary N) is 2. The van der Waals surface area contributed by atoms with E-state index in [1.165, 1.54) is 42.3 Å². The lowest BCUT2D eigenvalue weighted by Gasteiger charge is -2.28. The second-order valence-corrected chi connectivity index (χ2v) is 6.70. The Kier molecular flexibility index (Phi) is 3.84. The lowest BCUT2D eigenvalue weighted by molar-refractivity contribution is 0.363. The van der Waals surface area contributed by atoms with Gasteiger partial charge in [-0.05, 0) is 50.2 Å². The molecule has 0 bridgehead atoms. The van der Waals surface area contributed by atoms with Crippen molar-refractivity contribution in [1.29, 1.82) is 0 Å². The molecule has 2 nitrogen and oxygen atoms in total. The van der Waals surface area contributed by atoms with E-state index in [1.54, 1.807) is 5.56 Å². The highest BCUT2D eigenvalue weighted by Crippen LogP contribution is 2.35. The average molecular weight is 270 g/mol. The van der Waals surface area contributed by atoms with Gasteiger partial charge in [-0.15, -0.1) is 0 Å². The normalized spacial score (nSPS) is 20.3. The monoisotopic (exact) mass is 270 g/mol. The van der Waals surface area contributed by atoms with Gasteiger partial charge in [-0.25, -0.2) is 0 Å². The summed E-state index contributed by atoms with van der Waals surface area (Å²) in [4.78, 5) is 3.66. The zero-order valence-corrected chi connectivity index (χ0v) is 12.9. The van der Waals surface area contributed by atoms with Crippen molar-refractivity contribution < 1.29 is 0 Å². The van der Waals surface area contributed by atoms with Crippen molar-refractivity contribution in [1.82, 2.24) is 10.3 Å². The number of fused-ring (bicyclic) bond motifs is 3. The van der Waals surface area contributed by atoms with Gasteiger partial charge in [-0.1, -0.05) is 32.0 Å². The first-order valence-electron chi connectivity index (χ1n) is 8.00. The molecule has 1 heterocycles. The smallest absolute Gasteiger partial charge is 0.0478 e. The Hall–Kier alpha value is -1.28. The maximum absolute atomic E-state index is 3.84. The van der Waals surface area contributed by atoms with E-state index in [0.29, 0.717) is 12.1 Å². The van der Waals surface area contributed by atoms with Gasteiger partial charge >= 0.3 is 0 Å². The molecule has 2 aromatic rings. The average Bonchev–Trinajstić information content (AvgIpc) is 2.78. The standard InChI is InChI=1S/C18H26N2/c1-12(2)11-13(3)19-17-10-6-8-15-14-7-4-5-9-16(14)20-18(15)17/h4-5,7,9,12-13,17,19-20H,6,8,10-11H2,1-3H3. The van der Waals surface area contributed by atoms with E-state index in [4.69, 9.17) is 0 Å². The SMILES string of the molecule is CC(C)CC(C)NC1CCCc2c1[nH]c1ccccc21. The molecule has 0 spiro atoms. The van der Waals surface area contributed by atoms with Gasteiger partial charge in [-0.2, -0.15) is 0 Å². The van der Waals surface area contributed by atoms with Crippen molar-refractivity contribution in [3.8, 4) is 0 Å². The van der Waals surface area contributed by atoms with Gasteiger partial charge in [0.15, 0.2) is 0 Å². The predicted octanol–water partition coefficient (Wildman–Crippen LogP) is 4.57. The molecule has 108 valence electrons. The fourth-order valence-electron chi connectivity index (χ4n) is 3.70. The number of hydrogen-bond acceptors (Lipinski definition) is 1. The Labute approximate surface area is 122 Å². The predicted molar refractivity (Wildman–Crippen MR) is 86.0 cm³/mol. The fraction of sp³-hybridized carbons (Fsp3) is 0.556. The largest absolute Gasteiger partial charge is 0.357 e. The highest BCUT2D eigenvalue weighted by Gasteiger charge is 2.25. The number of para-hydroxylation sites is 1. The number of H-pyrrole nitrogens is 1. The number of rotatable bonds is 4. The molecule has 0 radical (unpaired) electrons. The third-order valence-corrected chi connectivity index (χ3v) is 4.43. The number of aryl methyl sites for hydroxylation is 1. The van der Waals surface area contributed by atoms with Crippen LogP contribution in [-0.4, -0.2) is 11.0 Å². The first kappa shape index (κ1) is 13.7. The summed E-state index contributed by atoms with van der Waals surface area (Å²) >= 11 is 0. The minimum Gasteiger partial charge on any atom is -0.357 e. The quantitative estimate of drug-likeness (QED) is 0.837. The molecular weight excluding hydrogens is 244 g/mol. The van der Waals surface area contributed by atoms with Gasteiger partial charge in [0.05, 0.1) is 0 Å². The summed E-state index contributed by atoms with van der Waals surface area (Å²) in [6.07, 6.45) is 5.01. The van der Waals surface area contributed by atoms with Crippen molar-refractivity contribution in [2.24, 2.45) is 5.92 Å². The topological polar surface area (TPSA) is 27.8 Å². The molecule has 1 aliphatic carbocycles. The molecule has 20 heavy (non-hydrogen) atoms. The molecule has 0 amide bonds. The molecule has 2 heteroatoms. The third-order valence-electron chi connectivity index (χ3n) is 4.43. The summed E-state index contributed by atoms with van der Waals surface area (Å²) in [6.45, 7) is 6.91. The van der Waals surface area contributed by atoms with Crippen LogP contribution in [0.2, 0.25) is 0 Å². The van der Waals surface area contributed by atoms with Crippen molar-refractivity contribution in [3.63, 3.8) is 0 Å². The van der Waals surface area contributed by atoms with Crippen molar-refractivity contribution in [2.45, 2.75) is 58.5 Å². The highest BCUT2D eigenvalue weighted by atomic mass is 15.0. The molecule has 3 rings (SSSR count). The second kappa shape index (κ2) is 5.61. The van der Waals surface area contributed by atoms with E-state index >= 15 is 0 Å². The number of benzene rings is 1. The van der Waals surface area contributed by atoms with Crippen LogP contribution in [0.15, 0.2) is 24.3 Å². The first-order valence-corrected chi connectivity index (χ1v) is 8.00. The minimum atomic E-state index is 0.500. The van der Waals surface area contributed by atoms with Gasteiger partial charge in [0, 0.05) is 28.7 Å². The van der Waals surface area contributed by atoms with E-state index < -0.39 is 0 Å². The van der Waals surface area contributed by atoms with Gasteiger partial charge < -0.3 is 10.3 Å². The molecule has 1 aromatic heterocycles. The Bertz CT molecular complexity index is 582. The van der Waals surface area contributed by atoms with Gasteiger partial charge in [0.1, 0.15) is 0 Å². The van der Waals surface area contributed by atoms with Crippen LogP contribution in [0.25, 0.3) is 10.9 Å². The first-order chi connectivity index (χ1) is 9.65. The van der Waals surface area contributed by atoms with E-state index in [1.807, 2.05) is 0 Å². The summed E-state index contributed by atoms with van der Waals surface area (Å²) in [5.74, 6) is 0.753. The fourth-order valence-corrected chi connectivity index (χ4v) is 3.70. The molecule has 0 fully saturated rings. The van der Waals surface area contributed by atoms with E-state index in [0.717, 1.165) is 5.92 Å². The lowest BCUT2D eigenvalue weighted by Crippen LogP contribution is -2.33. The van der Waals surface area contributed by atoms with Gasteiger partial charge in [0.2, 0.25) is 0 Å². The molecular formula is C18H26N2. The molecule has 0 aliphatic heterocycles. The van der Waals surface area contributed by atoms with Gasteiger partial charge in [-0.3, -0.25) is 0 Å². The summed E-state index contributed by atoms with van der Waals surface area (Å²) < 4.78 is 0. The van der Waals surface area contributed by atoms with E-state index in [-0.39, 0.29) is 0 Å². The van der Waals surface area contributed by atoms with E-state index in [2.05, 4.69) is 55.3 Å². The van der Waals surface area contributed by atoms with E-state index in [9.17, 15) is 0 Å². The summed E-state index contributed by atoms with van der Waals surface area (Å²) in [6, 6.07) is 9.80. The zero-order chi connectivity index (χ0) is 14.1. The Morgan fingerprint density at radius 1 is 1.25 bits per heavy atom. The summed E-state index contributed by atoms with van der Waals surface area (Å²) in [5.41, 5.74) is 4.27. The maximum atomic E-state index is 3.84. The molecule has 2 atom stereocenters. The molecule has 0 saturated carbocycles. The van der Waals surface area contributed by atoms with Crippen molar-refractivity contribution >= 4 is 10.9 Å². The molecule has 2 unspecified atom stereocenters. The van der Waals surface area contributed by atoms with Crippen LogP contribution < -0.4 is 5.32 Å². The zero-order valence-electron chi connectivity index (χ0n) is 12.9. The third kappa shape index (κ3) is 2.62. The van der Waals surface area contributed by atoms with Crippen LogP contribution in [0.1, 0.15) is 57.3 Å². The highest BCUT2D eigenvalue weighted by molar-refractivity contribution is 5.85. The number of aromatic nitrogens is 1. The minimum absolute atomic E-state index is 0.500. The number of aromatic amines is 1. The maximum Gasteiger partial charge on any atom is 0.0478 e. The Morgan fingerprint density at radius 3 is 2.85 bits per heavy atom. The van der Waals surface area contributed by atoms with Crippen LogP contribution in [0.5, 0.6) is 0 Å². The van der Waals surface area contributed by atoms with Gasteiger partial charge in [0.25, 0.3) is 0 Å². The molecule has 1 aliphatic rings. The summed E-state index contributed by atoms with van der Waals surface area (Å²) in [5, 5.41) is 5.26. The molecule has 1 aromatic carbocycles. The Balaban J connectivity index is 1.86. The Morgan fingerprint density at radius 2 is 2.05 bits per heavy atom. The lowest BCUT2D eigenvalue weighted by atomic mass is 9.91. The van der Waals surface area contributed by atoms with Crippen LogP contribution in [0, 0.1) is 5.92 Å². The summed E-state index contributed by atoms with van der Waals surface area (Å²) in [7, 11) is 0. The van der Waals surface area contributed by atoms with Crippen LogP contribution in [0.3, 0.4) is 0 Å². The molecule has 0 saturated heterocycles. The van der Waals surface area contributed by atoms with Crippen molar-refractivity contribution in [2.75, 3.05) is 0 Å². The second-order valence-electron chi connectivity index (χ2n) is 6.70. The molecule has 2 N–H and O–H groups in total. The van der Waals surface area contributed by atoms with Crippen LogP contribution in [-0.2, 0) is 6.42 Å². The number of hydrogen-bond donors (Lipinski definition) is 2. The van der Waals surface area contributed by atoms with Crippen LogP contribution in [0.4, 0.5) is 0 Å². The van der Waals surface area contributed by atoms with Crippen molar-refractivity contribution in [3.05, 3.63) is 35.5 Å².